The third-order valence-electron chi connectivity index (χ3n) is 6.82. The molecule has 3 heterocycles. The molecule has 3 aromatic rings. The van der Waals surface area contributed by atoms with Crippen molar-refractivity contribution in [3.05, 3.63) is 72.3 Å². The largest absolute Gasteiger partial charge is 0.497 e. The summed E-state index contributed by atoms with van der Waals surface area (Å²) in [6.45, 7) is 0. The number of anilines is 1. The van der Waals surface area contributed by atoms with Crippen molar-refractivity contribution in [1.29, 1.82) is 0 Å². The van der Waals surface area contributed by atoms with Crippen LogP contribution in [0.2, 0.25) is 0 Å². The fourth-order valence-electron chi connectivity index (χ4n) is 5.15. The van der Waals surface area contributed by atoms with Crippen molar-refractivity contribution in [2.24, 2.45) is 0 Å². The summed E-state index contributed by atoms with van der Waals surface area (Å²) in [7, 11) is 3.33. The van der Waals surface area contributed by atoms with E-state index in [1.54, 1.807) is 14.2 Å². The highest BCUT2D eigenvalue weighted by atomic mass is 32.1. The van der Waals surface area contributed by atoms with Gasteiger partial charge < -0.3 is 24.3 Å². The molecule has 1 aliphatic carbocycles. The molecule has 172 valence electrons. The lowest BCUT2D eigenvalue weighted by Crippen LogP contribution is -2.29. The van der Waals surface area contributed by atoms with E-state index in [2.05, 4.69) is 44.3 Å². The Bertz CT molecular complexity index is 1110. The van der Waals surface area contributed by atoms with Gasteiger partial charge in [0.1, 0.15) is 11.5 Å². The van der Waals surface area contributed by atoms with Crippen LogP contribution in [0.5, 0.6) is 11.5 Å². The lowest BCUT2D eigenvalue weighted by atomic mass is 9.95. The van der Waals surface area contributed by atoms with Crippen molar-refractivity contribution in [3.8, 4) is 11.5 Å². The number of ether oxygens (including phenoxy) is 2. The molecule has 0 radical (unpaired) electrons. The molecule has 2 aromatic heterocycles. The van der Waals surface area contributed by atoms with E-state index in [0.29, 0.717) is 11.2 Å². The molecule has 6 nitrogen and oxygen atoms in total. The van der Waals surface area contributed by atoms with E-state index in [4.69, 9.17) is 21.7 Å². The average Bonchev–Trinajstić information content (AvgIpc) is 3.49. The third-order valence-corrected chi connectivity index (χ3v) is 7.13. The number of benzene rings is 1. The Kier molecular flexibility index (Phi) is 6.22. The first-order valence-corrected chi connectivity index (χ1v) is 12.0. The molecule has 0 unspecified atom stereocenters. The monoisotopic (exact) mass is 462 g/mol. The van der Waals surface area contributed by atoms with Gasteiger partial charge in [0.15, 0.2) is 5.11 Å². The highest BCUT2D eigenvalue weighted by Crippen LogP contribution is 2.45. The number of hydrogen-bond donors (Lipinski definition) is 1. The van der Waals surface area contributed by atoms with Gasteiger partial charge in [0.2, 0.25) is 0 Å². The molecule has 2 fully saturated rings. The van der Waals surface area contributed by atoms with Gasteiger partial charge in [-0.05, 0) is 61.0 Å². The Morgan fingerprint density at radius 2 is 1.88 bits per heavy atom. The second kappa shape index (κ2) is 9.43. The van der Waals surface area contributed by atoms with Crippen molar-refractivity contribution < 1.29 is 9.47 Å². The van der Waals surface area contributed by atoms with Gasteiger partial charge in [-0.2, -0.15) is 0 Å². The standard InChI is InChI=1S/C26H30N4O2S/c1-31-20-11-12-22(23(16-20)32-2)30-25(24(28-26(30)33)21-10-6-7-14-27-21)18-13-15-29(17-18)19-8-4-3-5-9-19/h6-7,10-17,19,24-25H,3-5,8-9H2,1-2H3,(H,28,33)/t24-,25+/m1/s1. The zero-order valence-electron chi connectivity index (χ0n) is 19.1. The molecule has 2 atom stereocenters. The van der Waals surface area contributed by atoms with Crippen LogP contribution in [-0.2, 0) is 0 Å². The Morgan fingerprint density at radius 3 is 2.61 bits per heavy atom. The fourth-order valence-corrected chi connectivity index (χ4v) is 5.49. The zero-order valence-corrected chi connectivity index (χ0v) is 19.9. The maximum absolute atomic E-state index is 5.87. The van der Waals surface area contributed by atoms with Crippen LogP contribution in [0.3, 0.4) is 0 Å². The highest BCUT2D eigenvalue weighted by Gasteiger charge is 2.42. The van der Waals surface area contributed by atoms with Gasteiger partial charge in [-0.3, -0.25) is 4.98 Å². The molecule has 0 bridgehead atoms. The average molecular weight is 463 g/mol. The molecular weight excluding hydrogens is 432 g/mol. The van der Waals surface area contributed by atoms with Crippen LogP contribution in [0.25, 0.3) is 0 Å². The summed E-state index contributed by atoms with van der Waals surface area (Å²) in [6, 6.07) is 14.5. The topological polar surface area (TPSA) is 51.5 Å². The van der Waals surface area contributed by atoms with E-state index >= 15 is 0 Å². The van der Waals surface area contributed by atoms with Crippen molar-refractivity contribution in [2.75, 3.05) is 19.1 Å². The highest BCUT2D eigenvalue weighted by molar-refractivity contribution is 7.80. The second-order valence-corrected chi connectivity index (χ2v) is 9.10. The molecule has 7 heteroatoms. The molecule has 1 aliphatic heterocycles. The van der Waals surface area contributed by atoms with Crippen LogP contribution >= 0.6 is 12.2 Å². The minimum absolute atomic E-state index is 0.0560. The minimum Gasteiger partial charge on any atom is -0.497 e. The number of pyridine rings is 1. The molecule has 5 rings (SSSR count). The van der Waals surface area contributed by atoms with Gasteiger partial charge in [-0.1, -0.05) is 25.3 Å². The summed E-state index contributed by atoms with van der Waals surface area (Å²) in [5, 5.41) is 4.19. The molecule has 1 saturated carbocycles. The van der Waals surface area contributed by atoms with E-state index < -0.39 is 0 Å². The van der Waals surface area contributed by atoms with Crippen LogP contribution in [0.1, 0.15) is 61.5 Å². The maximum atomic E-state index is 5.87. The van der Waals surface area contributed by atoms with Gasteiger partial charge in [0, 0.05) is 30.7 Å². The summed E-state index contributed by atoms with van der Waals surface area (Å²) in [6.07, 6.45) is 12.8. The van der Waals surface area contributed by atoms with E-state index in [0.717, 1.165) is 22.9 Å². The maximum Gasteiger partial charge on any atom is 0.174 e. The first-order valence-electron chi connectivity index (χ1n) is 11.6. The van der Waals surface area contributed by atoms with Crippen molar-refractivity contribution in [2.45, 2.75) is 50.2 Å². The normalized spacial score (nSPS) is 21.2. The number of nitrogens with zero attached hydrogens (tertiary/aromatic N) is 3. The number of rotatable bonds is 6. The van der Waals surface area contributed by atoms with Crippen molar-refractivity contribution in [3.63, 3.8) is 0 Å². The summed E-state index contributed by atoms with van der Waals surface area (Å²) in [5.74, 6) is 1.46. The SMILES string of the molecule is COc1ccc(N2C(=S)N[C@H](c3ccccn3)[C@@H]2c2ccn(C3CCCCC3)c2)c(OC)c1. The predicted octanol–water partition coefficient (Wildman–Crippen LogP) is 5.58. The molecule has 0 amide bonds. The van der Waals surface area contributed by atoms with Crippen LogP contribution in [-0.4, -0.2) is 28.9 Å². The predicted molar refractivity (Wildman–Crippen MR) is 134 cm³/mol. The molecule has 1 saturated heterocycles. The fraction of sp³-hybridized carbons (Fsp3) is 0.385. The first-order chi connectivity index (χ1) is 16.2. The van der Waals surface area contributed by atoms with Gasteiger partial charge in [0.25, 0.3) is 0 Å². The first kappa shape index (κ1) is 21.8. The third kappa shape index (κ3) is 4.17. The molecule has 1 aromatic carbocycles. The van der Waals surface area contributed by atoms with Crippen LogP contribution in [0, 0.1) is 0 Å². The quantitative estimate of drug-likeness (QED) is 0.483. The Morgan fingerprint density at radius 1 is 1.03 bits per heavy atom. The lowest BCUT2D eigenvalue weighted by Gasteiger charge is -2.29. The zero-order chi connectivity index (χ0) is 22.8. The van der Waals surface area contributed by atoms with Gasteiger partial charge in [-0.15, -0.1) is 0 Å². The molecule has 2 aliphatic rings. The Labute approximate surface area is 200 Å². The number of hydrogen-bond acceptors (Lipinski definition) is 4. The van der Waals surface area contributed by atoms with E-state index in [9.17, 15) is 0 Å². The van der Waals surface area contributed by atoms with Crippen LogP contribution in [0.15, 0.2) is 61.1 Å². The van der Waals surface area contributed by atoms with Crippen molar-refractivity contribution >= 4 is 23.0 Å². The lowest BCUT2D eigenvalue weighted by molar-refractivity contribution is 0.353. The molecule has 33 heavy (non-hydrogen) atoms. The number of methoxy groups -OCH3 is 2. The van der Waals surface area contributed by atoms with Gasteiger partial charge in [0.05, 0.1) is 37.7 Å². The van der Waals surface area contributed by atoms with E-state index in [1.807, 2.05) is 36.5 Å². The number of aromatic nitrogens is 2. The van der Waals surface area contributed by atoms with Crippen molar-refractivity contribution in [1.82, 2.24) is 14.9 Å². The minimum atomic E-state index is -0.0762. The number of nitrogens with one attached hydrogen (secondary N) is 1. The molecular formula is C26H30N4O2S. The van der Waals surface area contributed by atoms with E-state index in [1.165, 1.54) is 37.7 Å². The summed E-state index contributed by atoms with van der Waals surface area (Å²) in [4.78, 5) is 6.82. The summed E-state index contributed by atoms with van der Waals surface area (Å²) < 4.78 is 13.6. The number of thiocarbonyl (C=S) groups is 1. The molecule has 0 spiro atoms. The molecule has 1 N–H and O–H groups in total. The second-order valence-electron chi connectivity index (χ2n) is 8.72. The van der Waals surface area contributed by atoms with Crippen LogP contribution < -0.4 is 19.7 Å². The Hall–Kier alpha value is -3.06. The van der Waals surface area contributed by atoms with Gasteiger partial charge >= 0.3 is 0 Å². The van der Waals surface area contributed by atoms with Gasteiger partial charge in [-0.25, -0.2) is 0 Å². The van der Waals surface area contributed by atoms with Crippen LogP contribution in [0.4, 0.5) is 5.69 Å². The smallest absolute Gasteiger partial charge is 0.174 e. The van der Waals surface area contributed by atoms with E-state index in [-0.39, 0.29) is 12.1 Å². The summed E-state index contributed by atoms with van der Waals surface area (Å²) in [5.41, 5.74) is 3.08. The summed E-state index contributed by atoms with van der Waals surface area (Å²) >= 11 is 5.87. The Balaban J connectivity index is 1.58.